The number of ether oxygens (including phenoxy) is 1. The lowest BCUT2D eigenvalue weighted by Gasteiger charge is -2.40. The van der Waals surface area contributed by atoms with Gasteiger partial charge < -0.3 is 4.74 Å². The number of hydrogen-bond donors (Lipinski definition) is 0. The fourth-order valence-corrected chi connectivity index (χ4v) is 4.96. The molecule has 1 nitrogen and oxygen atoms in total. The fourth-order valence-electron chi connectivity index (χ4n) is 4.46. The van der Waals surface area contributed by atoms with Crippen molar-refractivity contribution >= 4 is 15.9 Å². The average Bonchev–Trinajstić information content (AvgIpc) is 2.78. The van der Waals surface area contributed by atoms with Gasteiger partial charge in [-0.25, -0.2) is 4.39 Å². The van der Waals surface area contributed by atoms with Gasteiger partial charge in [-0.15, -0.1) is 0 Å². The number of benzene rings is 1. The molecule has 0 saturated heterocycles. The van der Waals surface area contributed by atoms with Crippen LogP contribution in [0, 0.1) is 22.6 Å². The summed E-state index contributed by atoms with van der Waals surface area (Å²) < 4.78 is 20.4. The topological polar surface area (TPSA) is 9.23 Å². The van der Waals surface area contributed by atoms with Crippen molar-refractivity contribution in [3.8, 4) is 0 Å². The monoisotopic (exact) mass is 354 g/mol. The molecular formula is C18H24BrFO. The molecule has 1 aromatic rings. The molecule has 4 atom stereocenters. The van der Waals surface area contributed by atoms with Gasteiger partial charge in [-0.05, 0) is 42.1 Å². The molecule has 0 amide bonds. The Morgan fingerprint density at radius 1 is 1.33 bits per heavy atom. The van der Waals surface area contributed by atoms with Crippen LogP contribution in [0.4, 0.5) is 4.39 Å². The van der Waals surface area contributed by atoms with Gasteiger partial charge in [0.2, 0.25) is 0 Å². The Labute approximate surface area is 135 Å². The van der Waals surface area contributed by atoms with Crippen molar-refractivity contribution < 1.29 is 9.13 Å². The van der Waals surface area contributed by atoms with E-state index in [0.29, 0.717) is 16.3 Å². The minimum atomic E-state index is -0.205. The molecule has 0 radical (unpaired) electrons. The Balaban J connectivity index is 1.82. The second-order valence-corrected chi connectivity index (χ2v) is 8.05. The molecule has 2 bridgehead atoms. The molecule has 0 N–H and O–H groups in total. The third kappa shape index (κ3) is 2.28. The second-order valence-electron chi connectivity index (χ2n) is 7.40. The average molecular weight is 355 g/mol. The van der Waals surface area contributed by atoms with Crippen LogP contribution in [0.15, 0.2) is 24.3 Å². The molecule has 2 aliphatic carbocycles. The van der Waals surface area contributed by atoms with Crippen molar-refractivity contribution in [2.75, 3.05) is 5.33 Å². The molecular weight excluding hydrogens is 331 g/mol. The predicted molar refractivity (Wildman–Crippen MR) is 87.0 cm³/mol. The van der Waals surface area contributed by atoms with Gasteiger partial charge in [0.1, 0.15) is 5.82 Å². The molecule has 3 heteroatoms. The highest BCUT2D eigenvalue weighted by Crippen LogP contribution is 2.66. The Kier molecular flexibility index (Phi) is 3.94. The zero-order chi connectivity index (χ0) is 15.3. The molecule has 0 aliphatic heterocycles. The maximum atomic E-state index is 14.0. The van der Waals surface area contributed by atoms with Crippen molar-refractivity contribution in [3.63, 3.8) is 0 Å². The summed E-state index contributed by atoms with van der Waals surface area (Å²) in [6.07, 6.45) is 3.67. The number of halogens is 2. The lowest BCUT2D eigenvalue weighted by molar-refractivity contribution is -0.0807. The Bertz CT molecular complexity index is 530. The largest absolute Gasteiger partial charge is 0.369 e. The number of rotatable bonds is 4. The lowest BCUT2D eigenvalue weighted by Crippen LogP contribution is -2.38. The van der Waals surface area contributed by atoms with E-state index in [-0.39, 0.29) is 23.4 Å². The Morgan fingerprint density at radius 3 is 2.57 bits per heavy atom. The van der Waals surface area contributed by atoms with E-state index in [9.17, 15) is 4.39 Å². The third-order valence-corrected chi connectivity index (χ3v) is 7.02. The van der Waals surface area contributed by atoms with Gasteiger partial charge in [-0.2, -0.15) is 0 Å². The molecule has 21 heavy (non-hydrogen) atoms. The smallest absolute Gasteiger partial charge is 0.129 e. The van der Waals surface area contributed by atoms with Crippen LogP contribution in [-0.2, 0) is 4.74 Å². The van der Waals surface area contributed by atoms with Crippen LogP contribution in [0.5, 0.6) is 0 Å². The molecule has 0 spiro atoms. The molecule has 2 aliphatic rings. The molecule has 116 valence electrons. The van der Waals surface area contributed by atoms with Gasteiger partial charge >= 0.3 is 0 Å². The predicted octanol–water partition coefficient (Wildman–Crippen LogP) is 5.49. The Morgan fingerprint density at radius 2 is 2.05 bits per heavy atom. The van der Waals surface area contributed by atoms with Crippen LogP contribution >= 0.6 is 15.9 Å². The van der Waals surface area contributed by atoms with Crippen molar-refractivity contribution in [3.05, 3.63) is 35.6 Å². The highest BCUT2D eigenvalue weighted by Gasteiger charge is 2.62. The van der Waals surface area contributed by atoms with Crippen LogP contribution in [0.3, 0.4) is 0 Å². The normalized spacial score (nSPS) is 35.1. The molecule has 2 fully saturated rings. The van der Waals surface area contributed by atoms with E-state index >= 15 is 0 Å². The molecule has 1 aromatic carbocycles. The highest BCUT2D eigenvalue weighted by molar-refractivity contribution is 9.09. The molecule has 3 rings (SSSR count). The van der Waals surface area contributed by atoms with Crippen molar-refractivity contribution in [2.24, 2.45) is 16.7 Å². The molecule has 0 aromatic heterocycles. The quantitative estimate of drug-likeness (QED) is 0.649. The highest BCUT2D eigenvalue weighted by atomic mass is 79.9. The Hall–Kier alpha value is -0.410. The first kappa shape index (κ1) is 15.5. The first-order valence-corrected chi connectivity index (χ1v) is 8.98. The van der Waals surface area contributed by atoms with E-state index in [1.54, 1.807) is 6.07 Å². The molecule has 0 heterocycles. The van der Waals surface area contributed by atoms with Crippen LogP contribution < -0.4 is 0 Å². The minimum Gasteiger partial charge on any atom is -0.369 e. The van der Waals surface area contributed by atoms with Gasteiger partial charge in [-0.1, -0.05) is 54.9 Å². The van der Waals surface area contributed by atoms with Gasteiger partial charge in [0, 0.05) is 10.9 Å². The minimum absolute atomic E-state index is 0.172. The maximum absolute atomic E-state index is 14.0. The van der Waals surface area contributed by atoms with E-state index in [0.717, 1.165) is 12.3 Å². The number of hydrogen-bond acceptors (Lipinski definition) is 1. The summed E-state index contributed by atoms with van der Waals surface area (Å²) in [6.45, 7) is 7.11. The maximum Gasteiger partial charge on any atom is 0.129 e. The summed E-state index contributed by atoms with van der Waals surface area (Å²) in [5, 5.41) is 0.631. The van der Waals surface area contributed by atoms with E-state index in [2.05, 4.69) is 36.7 Å². The van der Waals surface area contributed by atoms with Gasteiger partial charge in [0.25, 0.3) is 0 Å². The van der Waals surface area contributed by atoms with Crippen LogP contribution in [0.2, 0.25) is 0 Å². The van der Waals surface area contributed by atoms with E-state index in [1.807, 2.05) is 12.1 Å². The van der Waals surface area contributed by atoms with Crippen LogP contribution in [0.25, 0.3) is 0 Å². The standard InChI is InChI=1S/C18H24BrFO/c1-17(2)12-8-9-18(17,3)16(10-12)21-15(11-19)13-6-4-5-7-14(13)20/h4-7,12,15-16H,8-11H2,1-3H3. The van der Waals surface area contributed by atoms with Gasteiger partial charge in [-0.3, -0.25) is 0 Å². The van der Waals surface area contributed by atoms with E-state index in [4.69, 9.17) is 4.74 Å². The summed E-state index contributed by atoms with van der Waals surface area (Å²) in [7, 11) is 0. The summed E-state index contributed by atoms with van der Waals surface area (Å²) in [6, 6.07) is 6.96. The van der Waals surface area contributed by atoms with Crippen molar-refractivity contribution in [1.29, 1.82) is 0 Å². The summed E-state index contributed by atoms with van der Waals surface area (Å²) in [4.78, 5) is 0. The van der Waals surface area contributed by atoms with E-state index in [1.165, 1.54) is 18.9 Å². The zero-order valence-electron chi connectivity index (χ0n) is 13.0. The molecule has 4 unspecified atom stereocenters. The first-order valence-electron chi connectivity index (χ1n) is 7.86. The number of alkyl halides is 1. The van der Waals surface area contributed by atoms with Gasteiger partial charge in [0.05, 0.1) is 12.2 Å². The summed E-state index contributed by atoms with van der Waals surface area (Å²) in [5.41, 5.74) is 1.20. The van der Waals surface area contributed by atoms with Gasteiger partial charge in [0.15, 0.2) is 0 Å². The number of fused-ring (bicyclic) bond motifs is 2. The summed E-state index contributed by atoms with van der Waals surface area (Å²) in [5.74, 6) is 0.568. The van der Waals surface area contributed by atoms with E-state index < -0.39 is 0 Å². The van der Waals surface area contributed by atoms with Crippen LogP contribution in [-0.4, -0.2) is 11.4 Å². The van der Waals surface area contributed by atoms with Crippen molar-refractivity contribution in [1.82, 2.24) is 0 Å². The fraction of sp³-hybridized carbons (Fsp3) is 0.667. The third-order valence-electron chi connectivity index (χ3n) is 6.43. The second kappa shape index (κ2) is 5.34. The van der Waals surface area contributed by atoms with Crippen LogP contribution in [0.1, 0.15) is 51.7 Å². The summed E-state index contributed by atoms with van der Waals surface area (Å²) >= 11 is 3.50. The lowest BCUT2D eigenvalue weighted by atomic mass is 9.70. The molecule has 2 saturated carbocycles. The van der Waals surface area contributed by atoms with Crippen molar-refractivity contribution in [2.45, 2.75) is 52.2 Å². The zero-order valence-corrected chi connectivity index (χ0v) is 14.6. The first-order chi connectivity index (χ1) is 9.90. The SMILES string of the molecule is CC1(C)C2CCC1(C)C(OC(CBr)c1ccccc1F)C2.